The van der Waals surface area contributed by atoms with Gasteiger partial charge in [0.1, 0.15) is 0 Å². The van der Waals surface area contributed by atoms with E-state index >= 15 is 0 Å². The van der Waals surface area contributed by atoms with Crippen molar-refractivity contribution in [3.63, 3.8) is 0 Å². The van der Waals surface area contributed by atoms with E-state index in [1.807, 2.05) is 6.92 Å². The molecule has 1 fully saturated rings. The van der Waals surface area contributed by atoms with Crippen LogP contribution in [0.4, 0.5) is 8.78 Å². The van der Waals surface area contributed by atoms with Crippen LogP contribution in [0.2, 0.25) is 0 Å². The van der Waals surface area contributed by atoms with Gasteiger partial charge in [0, 0.05) is 17.0 Å². The van der Waals surface area contributed by atoms with E-state index in [0.717, 1.165) is 18.9 Å². The summed E-state index contributed by atoms with van der Waals surface area (Å²) in [5.74, 6) is -2.80. The molecule has 1 aromatic rings. The molecule has 0 bridgehead atoms. The van der Waals surface area contributed by atoms with Crippen molar-refractivity contribution in [2.75, 3.05) is 0 Å². The van der Waals surface area contributed by atoms with E-state index in [2.05, 4.69) is 0 Å². The molecular formula is C11H13F2NO. The van der Waals surface area contributed by atoms with Crippen molar-refractivity contribution in [1.29, 1.82) is 0 Å². The molecule has 0 spiro atoms. The summed E-state index contributed by atoms with van der Waals surface area (Å²) in [5.41, 5.74) is 5.86. The van der Waals surface area contributed by atoms with E-state index in [0.29, 0.717) is 5.56 Å². The molecule has 1 aliphatic carbocycles. The Balaban J connectivity index is 2.51. The van der Waals surface area contributed by atoms with Crippen LogP contribution in [-0.4, -0.2) is 11.1 Å². The van der Waals surface area contributed by atoms with Gasteiger partial charge in [-0.25, -0.2) is 4.39 Å². The highest BCUT2D eigenvalue weighted by Crippen LogP contribution is 2.53. The van der Waals surface area contributed by atoms with Crippen molar-refractivity contribution >= 4 is 0 Å². The first kappa shape index (κ1) is 10.4. The Morgan fingerprint density at radius 3 is 2.47 bits per heavy atom. The number of phenols is 1. The molecule has 0 aliphatic heterocycles. The van der Waals surface area contributed by atoms with Gasteiger partial charge in [0.15, 0.2) is 11.6 Å². The zero-order valence-corrected chi connectivity index (χ0v) is 8.43. The van der Waals surface area contributed by atoms with Gasteiger partial charge in [-0.2, -0.15) is 4.39 Å². The molecule has 1 unspecified atom stereocenters. The summed E-state index contributed by atoms with van der Waals surface area (Å²) in [6, 6.07) is 2.28. The largest absolute Gasteiger partial charge is 0.505 e. The predicted octanol–water partition coefficient (Wildman–Crippen LogP) is 2.05. The van der Waals surface area contributed by atoms with Gasteiger partial charge in [-0.3, -0.25) is 0 Å². The standard InChI is InChI=1S/C11H13F2NO/c1-6(14)11(4-5-11)7-2-3-8(12)9(13)10(7)15/h2-3,6,15H,4-5,14H2,1H3. The van der Waals surface area contributed by atoms with E-state index in [1.165, 1.54) is 6.07 Å². The number of halogens is 2. The van der Waals surface area contributed by atoms with Crippen LogP contribution in [0.3, 0.4) is 0 Å². The maximum atomic E-state index is 13.1. The first-order valence-corrected chi connectivity index (χ1v) is 4.92. The molecule has 4 heteroatoms. The number of nitrogens with two attached hydrogens (primary N) is 1. The molecule has 1 atom stereocenters. The lowest BCUT2D eigenvalue weighted by molar-refractivity contribution is 0.389. The molecule has 0 radical (unpaired) electrons. The van der Waals surface area contributed by atoms with Crippen molar-refractivity contribution in [3.8, 4) is 5.75 Å². The van der Waals surface area contributed by atoms with E-state index in [1.54, 1.807) is 0 Å². The molecule has 1 aliphatic rings. The third kappa shape index (κ3) is 1.40. The van der Waals surface area contributed by atoms with Crippen LogP contribution in [0.5, 0.6) is 5.75 Å². The topological polar surface area (TPSA) is 46.2 Å². The molecule has 2 nitrogen and oxygen atoms in total. The average Bonchev–Trinajstić information content (AvgIpc) is 2.95. The van der Waals surface area contributed by atoms with Crippen LogP contribution in [0.25, 0.3) is 0 Å². The minimum absolute atomic E-state index is 0.173. The Morgan fingerprint density at radius 2 is 2.00 bits per heavy atom. The summed E-state index contributed by atoms with van der Waals surface area (Å²) in [7, 11) is 0. The maximum Gasteiger partial charge on any atom is 0.200 e. The minimum Gasteiger partial charge on any atom is -0.505 e. The smallest absolute Gasteiger partial charge is 0.200 e. The highest BCUT2D eigenvalue weighted by molar-refractivity contribution is 5.45. The SMILES string of the molecule is CC(N)C1(c2ccc(F)c(F)c2O)CC1. The molecule has 2 rings (SSSR count). The van der Waals surface area contributed by atoms with Crippen LogP contribution in [0, 0.1) is 11.6 Å². The summed E-state index contributed by atoms with van der Waals surface area (Å²) in [6.45, 7) is 1.81. The molecule has 0 amide bonds. The van der Waals surface area contributed by atoms with Crippen LogP contribution in [-0.2, 0) is 5.41 Å². The summed E-state index contributed by atoms with van der Waals surface area (Å²) in [5, 5.41) is 9.53. The molecule has 0 heterocycles. The Morgan fingerprint density at radius 1 is 1.40 bits per heavy atom. The third-order valence-electron chi connectivity index (χ3n) is 3.27. The van der Waals surface area contributed by atoms with E-state index in [9.17, 15) is 13.9 Å². The second-order valence-corrected chi connectivity index (χ2v) is 4.20. The third-order valence-corrected chi connectivity index (χ3v) is 3.27. The van der Waals surface area contributed by atoms with Crippen LogP contribution in [0.1, 0.15) is 25.3 Å². The van der Waals surface area contributed by atoms with Crippen molar-refractivity contribution in [3.05, 3.63) is 29.3 Å². The van der Waals surface area contributed by atoms with Gasteiger partial charge in [0.05, 0.1) is 0 Å². The predicted molar refractivity (Wildman–Crippen MR) is 52.6 cm³/mol. The van der Waals surface area contributed by atoms with Gasteiger partial charge >= 0.3 is 0 Å². The fourth-order valence-electron chi connectivity index (χ4n) is 2.05. The van der Waals surface area contributed by atoms with Crippen molar-refractivity contribution in [1.82, 2.24) is 0 Å². The fourth-order valence-corrected chi connectivity index (χ4v) is 2.05. The lowest BCUT2D eigenvalue weighted by Crippen LogP contribution is -2.31. The fraction of sp³-hybridized carbons (Fsp3) is 0.455. The normalized spacial score (nSPS) is 20.0. The summed E-state index contributed by atoms with van der Waals surface area (Å²) in [6.07, 6.45) is 1.62. The van der Waals surface area contributed by atoms with Gasteiger partial charge in [-0.05, 0) is 25.8 Å². The maximum absolute atomic E-state index is 13.1. The lowest BCUT2D eigenvalue weighted by atomic mass is 9.88. The van der Waals surface area contributed by atoms with Gasteiger partial charge in [-0.1, -0.05) is 6.07 Å². The van der Waals surface area contributed by atoms with E-state index in [4.69, 9.17) is 5.73 Å². The zero-order chi connectivity index (χ0) is 11.2. The highest BCUT2D eigenvalue weighted by atomic mass is 19.2. The number of aromatic hydroxyl groups is 1. The molecule has 82 valence electrons. The molecular weight excluding hydrogens is 200 g/mol. The van der Waals surface area contributed by atoms with Gasteiger partial charge in [0.2, 0.25) is 5.82 Å². The van der Waals surface area contributed by atoms with Crippen LogP contribution < -0.4 is 5.73 Å². The Labute approximate surface area is 86.7 Å². The number of phenolic OH excluding ortho intramolecular Hbond substituents is 1. The number of rotatable bonds is 2. The molecule has 1 aromatic carbocycles. The Bertz CT molecular complexity index is 400. The van der Waals surface area contributed by atoms with Crippen molar-refractivity contribution < 1.29 is 13.9 Å². The minimum atomic E-state index is -1.18. The van der Waals surface area contributed by atoms with Gasteiger partial charge < -0.3 is 10.8 Å². The van der Waals surface area contributed by atoms with E-state index in [-0.39, 0.29) is 11.5 Å². The van der Waals surface area contributed by atoms with Crippen molar-refractivity contribution in [2.45, 2.75) is 31.2 Å². The number of hydrogen-bond acceptors (Lipinski definition) is 2. The highest BCUT2D eigenvalue weighted by Gasteiger charge is 2.49. The average molecular weight is 213 g/mol. The molecule has 0 saturated heterocycles. The number of benzene rings is 1. The molecule has 0 aromatic heterocycles. The van der Waals surface area contributed by atoms with Gasteiger partial charge in [0.25, 0.3) is 0 Å². The second-order valence-electron chi connectivity index (χ2n) is 4.20. The summed E-state index contributed by atoms with van der Waals surface area (Å²) < 4.78 is 25.9. The number of hydrogen-bond donors (Lipinski definition) is 2. The summed E-state index contributed by atoms with van der Waals surface area (Å²) >= 11 is 0. The molecule has 15 heavy (non-hydrogen) atoms. The molecule has 1 saturated carbocycles. The van der Waals surface area contributed by atoms with Gasteiger partial charge in [-0.15, -0.1) is 0 Å². The summed E-state index contributed by atoms with van der Waals surface area (Å²) in [4.78, 5) is 0. The van der Waals surface area contributed by atoms with Crippen LogP contribution in [0.15, 0.2) is 12.1 Å². The van der Waals surface area contributed by atoms with Crippen molar-refractivity contribution in [2.24, 2.45) is 5.73 Å². The first-order valence-electron chi connectivity index (χ1n) is 4.92. The molecule has 3 N–H and O–H groups in total. The monoisotopic (exact) mass is 213 g/mol. The Hall–Kier alpha value is -1.16. The quantitative estimate of drug-likeness (QED) is 0.789. The van der Waals surface area contributed by atoms with E-state index < -0.39 is 17.4 Å². The van der Waals surface area contributed by atoms with Crippen LogP contribution >= 0.6 is 0 Å². The second kappa shape index (κ2) is 3.17. The first-order chi connectivity index (χ1) is 6.99. The lowest BCUT2D eigenvalue weighted by Gasteiger charge is -2.21. The zero-order valence-electron chi connectivity index (χ0n) is 8.43. The Kier molecular flexibility index (Phi) is 2.19.